The first-order valence-electron chi connectivity index (χ1n) is 6.94. The summed E-state index contributed by atoms with van der Waals surface area (Å²) < 4.78 is 10.5. The molecule has 0 radical (unpaired) electrons. The number of hydrogen-bond donors (Lipinski definition) is 2. The molecule has 1 fully saturated rings. The van der Waals surface area contributed by atoms with Crippen molar-refractivity contribution in [1.29, 1.82) is 0 Å². The Bertz CT molecular complexity index is 409. The number of hydrogen-bond acceptors (Lipinski definition) is 4. The molecule has 1 aromatic rings. The second-order valence-corrected chi connectivity index (χ2v) is 5.09. The summed E-state index contributed by atoms with van der Waals surface area (Å²) in [7, 11) is 3.32. The summed E-state index contributed by atoms with van der Waals surface area (Å²) in [6.45, 7) is 0.952. The molecular weight excluding hydrogens is 240 g/mol. The maximum Gasteiger partial charge on any atom is 0.160 e. The maximum atomic E-state index is 6.04. The average molecular weight is 264 g/mol. The number of ether oxygens (including phenoxy) is 2. The lowest BCUT2D eigenvalue weighted by molar-refractivity contribution is 0.354. The second-order valence-electron chi connectivity index (χ2n) is 5.09. The second kappa shape index (κ2) is 6.78. The number of methoxy groups -OCH3 is 2. The van der Waals surface area contributed by atoms with Crippen LogP contribution in [0.15, 0.2) is 18.2 Å². The van der Waals surface area contributed by atoms with Gasteiger partial charge < -0.3 is 20.5 Å². The van der Waals surface area contributed by atoms with Gasteiger partial charge in [0, 0.05) is 12.1 Å². The van der Waals surface area contributed by atoms with E-state index >= 15 is 0 Å². The quantitative estimate of drug-likeness (QED) is 0.821. The summed E-state index contributed by atoms with van der Waals surface area (Å²) in [5.74, 6) is 1.56. The molecule has 1 aliphatic rings. The van der Waals surface area contributed by atoms with Crippen molar-refractivity contribution in [3.05, 3.63) is 23.8 Å². The normalized spacial score (nSPS) is 22.5. The third-order valence-electron chi connectivity index (χ3n) is 3.84. The van der Waals surface area contributed by atoms with E-state index in [0.717, 1.165) is 30.9 Å². The number of nitrogens with one attached hydrogen (secondary N) is 1. The van der Waals surface area contributed by atoms with Gasteiger partial charge in [0.05, 0.1) is 14.2 Å². The molecule has 0 unspecified atom stereocenters. The summed E-state index contributed by atoms with van der Waals surface area (Å²) in [6.07, 6.45) is 4.57. The molecule has 1 aromatic carbocycles. The van der Waals surface area contributed by atoms with Crippen molar-refractivity contribution < 1.29 is 9.47 Å². The van der Waals surface area contributed by atoms with Crippen molar-refractivity contribution in [2.45, 2.75) is 37.8 Å². The Labute approximate surface area is 115 Å². The predicted octanol–water partition coefficient (Wildman–Crippen LogP) is 1.72. The lowest BCUT2D eigenvalue weighted by atomic mass is 10.1. The lowest BCUT2D eigenvalue weighted by Gasteiger charge is -2.17. The number of rotatable bonds is 6. The van der Waals surface area contributed by atoms with Crippen LogP contribution in [0.1, 0.15) is 24.8 Å². The van der Waals surface area contributed by atoms with E-state index in [1.54, 1.807) is 14.2 Å². The summed E-state index contributed by atoms with van der Waals surface area (Å²) in [4.78, 5) is 0. The minimum Gasteiger partial charge on any atom is -0.493 e. The van der Waals surface area contributed by atoms with Crippen LogP contribution < -0.4 is 20.5 Å². The van der Waals surface area contributed by atoms with Crippen LogP contribution >= 0.6 is 0 Å². The highest BCUT2D eigenvalue weighted by Gasteiger charge is 2.22. The van der Waals surface area contributed by atoms with Gasteiger partial charge in [-0.05, 0) is 43.5 Å². The monoisotopic (exact) mass is 264 g/mol. The Hall–Kier alpha value is -1.26. The average Bonchev–Trinajstić information content (AvgIpc) is 2.84. The van der Waals surface area contributed by atoms with Crippen LogP contribution in [0.25, 0.3) is 0 Å². The first-order chi connectivity index (χ1) is 9.24. The van der Waals surface area contributed by atoms with Crippen LogP contribution in [0.2, 0.25) is 0 Å². The van der Waals surface area contributed by atoms with Gasteiger partial charge in [0.15, 0.2) is 11.5 Å². The standard InChI is InChI=1S/C15H24N2O2/c1-18-14-7-6-11(10-15(14)19-2)8-9-17-13-5-3-4-12(13)16/h6-7,10,12-13,17H,3-5,8-9,16H2,1-2H3/t12-,13-/m0/s1. The Kier molecular flexibility index (Phi) is 5.05. The number of benzene rings is 1. The van der Waals surface area contributed by atoms with Crippen molar-refractivity contribution in [3.8, 4) is 11.5 Å². The highest BCUT2D eigenvalue weighted by molar-refractivity contribution is 5.42. The third kappa shape index (κ3) is 3.61. The van der Waals surface area contributed by atoms with Crippen LogP contribution in [0.5, 0.6) is 11.5 Å². The third-order valence-corrected chi connectivity index (χ3v) is 3.84. The fraction of sp³-hybridized carbons (Fsp3) is 0.600. The summed E-state index contributed by atoms with van der Waals surface area (Å²) in [6, 6.07) is 6.88. The molecule has 0 amide bonds. The molecule has 3 N–H and O–H groups in total. The van der Waals surface area contributed by atoms with Crippen LogP contribution in [-0.4, -0.2) is 32.8 Å². The summed E-state index contributed by atoms with van der Waals surface area (Å²) >= 11 is 0. The van der Waals surface area contributed by atoms with Crippen LogP contribution in [0.3, 0.4) is 0 Å². The van der Waals surface area contributed by atoms with Gasteiger partial charge in [-0.15, -0.1) is 0 Å². The molecule has 0 saturated heterocycles. The topological polar surface area (TPSA) is 56.5 Å². The van der Waals surface area contributed by atoms with Crippen molar-refractivity contribution in [2.24, 2.45) is 5.73 Å². The molecule has 2 rings (SSSR count). The first kappa shape index (κ1) is 14.2. The van der Waals surface area contributed by atoms with E-state index in [0.29, 0.717) is 12.1 Å². The van der Waals surface area contributed by atoms with Gasteiger partial charge in [-0.25, -0.2) is 0 Å². The summed E-state index contributed by atoms with van der Waals surface area (Å²) in [5, 5.41) is 3.55. The molecule has 0 bridgehead atoms. The van der Waals surface area contributed by atoms with E-state index in [-0.39, 0.29) is 0 Å². The van der Waals surface area contributed by atoms with E-state index in [4.69, 9.17) is 15.2 Å². The molecule has 0 spiro atoms. The highest BCUT2D eigenvalue weighted by Crippen LogP contribution is 2.27. The van der Waals surface area contributed by atoms with Crippen molar-refractivity contribution in [2.75, 3.05) is 20.8 Å². The fourth-order valence-electron chi connectivity index (χ4n) is 2.68. The zero-order chi connectivity index (χ0) is 13.7. The Balaban J connectivity index is 1.85. The largest absolute Gasteiger partial charge is 0.493 e. The Morgan fingerprint density at radius 1 is 1.21 bits per heavy atom. The zero-order valence-electron chi connectivity index (χ0n) is 11.8. The van der Waals surface area contributed by atoms with Gasteiger partial charge in [0.1, 0.15) is 0 Å². The molecule has 106 valence electrons. The van der Waals surface area contributed by atoms with E-state index < -0.39 is 0 Å². The fourth-order valence-corrected chi connectivity index (χ4v) is 2.68. The molecule has 2 atom stereocenters. The van der Waals surface area contributed by atoms with E-state index in [2.05, 4.69) is 11.4 Å². The summed E-state index contributed by atoms with van der Waals surface area (Å²) in [5.41, 5.74) is 7.29. The smallest absolute Gasteiger partial charge is 0.160 e. The van der Waals surface area contributed by atoms with Gasteiger partial charge in [0.2, 0.25) is 0 Å². The molecule has 4 heteroatoms. The van der Waals surface area contributed by atoms with Crippen LogP contribution in [-0.2, 0) is 6.42 Å². The van der Waals surface area contributed by atoms with E-state index in [9.17, 15) is 0 Å². The SMILES string of the molecule is COc1ccc(CCN[C@H]2CCC[C@@H]2N)cc1OC. The highest BCUT2D eigenvalue weighted by atomic mass is 16.5. The molecular formula is C15H24N2O2. The van der Waals surface area contributed by atoms with Crippen molar-refractivity contribution in [1.82, 2.24) is 5.32 Å². The first-order valence-corrected chi connectivity index (χ1v) is 6.94. The molecule has 1 saturated carbocycles. The van der Waals surface area contributed by atoms with E-state index in [1.165, 1.54) is 18.4 Å². The van der Waals surface area contributed by atoms with Crippen molar-refractivity contribution in [3.63, 3.8) is 0 Å². The lowest BCUT2D eigenvalue weighted by Crippen LogP contribution is -2.41. The van der Waals surface area contributed by atoms with Crippen LogP contribution in [0, 0.1) is 0 Å². The van der Waals surface area contributed by atoms with Gasteiger partial charge in [-0.2, -0.15) is 0 Å². The number of nitrogens with two attached hydrogens (primary N) is 1. The molecule has 4 nitrogen and oxygen atoms in total. The van der Waals surface area contributed by atoms with E-state index in [1.807, 2.05) is 12.1 Å². The minimum absolute atomic E-state index is 0.324. The van der Waals surface area contributed by atoms with Gasteiger partial charge >= 0.3 is 0 Å². The maximum absolute atomic E-state index is 6.04. The molecule has 0 aromatic heterocycles. The molecule has 0 heterocycles. The minimum atomic E-state index is 0.324. The van der Waals surface area contributed by atoms with Crippen molar-refractivity contribution >= 4 is 0 Å². The van der Waals surface area contributed by atoms with Gasteiger partial charge in [-0.1, -0.05) is 12.5 Å². The van der Waals surface area contributed by atoms with Crippen LogP contribution in [0.4, 0.5) is 0 Å². The van der Waals surface area contributed by atoms with Gasteiger partial charge in [-0.3, -0.25) is 0 Å². The Morgan fingerprint density at radius 2 is 2.00 bits per heavy atom. The van der Waals surface area contributed by atoms with Gasteiger partial charge in [0.25, 0.3) is 0 Å². The molecule has 0 aliphatic heterocycles. The Morgan fingerprint density at radius 3 is 2.63 bits per heavy atom. The zero-order valence-corrected chi connectivity index (χ0v) is 11.8. The molecule has 19 heavy (non-hydrogen) atoms. The molecule has 1 aliphatic carbocycles. The predicted molar refractivity (Wildman–Crippen MR) is 76.9 cm³/mol.